The molecule has 4 rings (SSSR count). The van der Waals surface area contributed by atoms with Gasteiger partial charge in [-0.15, -0.1) is 0 Å². The number of amides is 1. The fourth-order valence-corrected chi connectivity index (χ4v) is 4.21. The van der Waals surface area contributed by atoms with E-state index >= 15 is 0 Å². The van der Waals surface area contributed by atoms with E-state index in [-0.39, 0.29) is 18.1 Å². The molecule has 1 aliphatic heterocycles. The fourth-order valence-electron chi connectivity index (χ4n) is 4.21. The molecule has 1 fully saturated rings. The van der Waals surface area contributed by atoms with Crippen LogP contribution in [0.25, 0.3) is 21.9 Å². The number of carbonyl (C=O) groups is 1. The number of benzene rings is 3. The minimum absolute atomic E-state index is 0.0516. The Labute approximate surface area is 182 Å². The second kappa shape index (κ2) is 9.37. The van der Waals surface area contributed by atoms with Gasteiger partial charge in [-0.25, -0.2) is 0 Å². The Bertz CT molecular complexity index is 1080. The lowest BCUT2D eigenvalue weighted by Crippen LogP contribution is -2.50. The summed E-state index contributed by atoms with van der Waals surface area (Å²) in [6, 6.07) is 17.3. The zero-order chi connectivity index (χ0) is 21.8. The van der Waals surface area contributed by atoms with Crippen molar-refractivity contribution in [3.8, 4) is 22.6 Å². The van der Waals surface area contributed by atoms with Gasteiger partial charge >= 0.3 is 0 Å². The zero-order valence-corrected chi connectivity index (χ0v) is 18.0. The molecule has 1 amide bonds. The SMILES string of the molecule is COc1cccc(-c2ccc(C(=O)N[C@@H]3COCC[C@H]3OC)c3ccccc23)c1OC. The molecule has 162 valence electrons. The normalized spacial score (nSPS) is 18.5. The molecule has 0 unspecified atom stereocenters. The summed E-state index contributed by atoms with van der Waals surface area (Å²) in [5.41, 5.74) is 2.49. The predicted molar refractivity (Wildman–Crippen MR) is 120 cm³/mol. The summed E-state index contributed by atoms with van der Waals surface area (Å²) in [7, 11) is 4.92. The molecular weight excluding hydrogens is 394 g/mol. The third-order valence-electron chi connectivity index (χ3n) is 5.77. The highest BCUT2D eigenvalue weighted by Gasteiger charge is 2.28. The van der Waals surface area contributed by atoms with Gasteiger partial charge in [0.25, 0.3) is 5.91 Å². The van der Waals surface area contributed by atoms with Crippen molar-refractivity contribution >= 4 is 16.7 Å². The average molecular weight is 421 g/mol. The molecular formula is C25H27NO5. The molecule has 0 bridgehead atoms. The van der Waals surface area contributed by atoms with Crippen LogP contribution in [0, 0.1) is 0 Å². The highest BCUT2D eigenvalue weighted by Crippen LogP contribution is 2.41. The van der Waals surface area contributed by atoms with Gasteiger partial charge in [0.05, 0.1) is 33.0 Å². The van der Waals surface area contributed by atoms with Crippen LogP contribution in [0.2, 0.25) is 0 Å². The molecule has 0 aromatic heterocycles. The maximum absolute atomic E-state index is 13.2. The van der Waals surface area contributed by atoms with Crippen molar-refractivity contribution in [2.75, 3.05) is 34.5 Å². The van der Waals surface area contributed by atoms with E-state index in [0.717, 1.165) is 28.3 Å². The molecule has 6 nitrogen and oxygen atoms in total. The number of hydrogen-bond donors (Lipinski definition) is 1. The van der Waals surface area contributed by atoms with E-state index < -0.39 is 0 Å². The molecule has 1 aliphatic rings. The smallest absolute Gasteiger partial charge is 0.252 e. The molecule has 0 radical (unpaired) electrons. The summed E-state index contributed by atoms with van der Waals surface area (Å²) in [6.45, 7) is 1.09. The Morgan fingerprint density at radius 3 is 2.48 bits per heavy atom. The average Bonchev–Trinajstić information content (AvgIpc) is 2.83. The number of carbonyl (C=O) groups excluding carboxylic acids is 1. The van der Waals surface area contributed by atoms with Gasteiger partial charge in [0.15, 0.2) is 11.5 Å². The highest BCUT2D eigenvalue weighted by atomic mass is 16.5. The van der Waals surface area contributed by atoms with Crippen LogP contribution in [-0.2, 0) is 9.47 Å². The van der Waals surface area contributed by atoms with Gasteiger partial charge in [-0.1, -0.05) is 42.5 Å². The van der Waals surface area contributed by atoms with E-state index in [9.17, 15) is 4.79 Å². The van der Waals surface area contributed by atoms with Crippen LogP contribution in [-0.4, -0.2) is 52.6 Å². The molecule has 2 atom stereocenters. The third kappa shape index (κ3) is 4.09. The molecule has 3 aromatic carbocycles. The second-order valence-electron chi connectivity index (χ2n) is 7.47. The fraction of sp³-hybridized carbons (Fsp3) is 0.320. The number of methoxy groups -OCH3 is 3. The van der Waals surface area contributed by atoms with E-state index in [1.165, 1.54) is 0 Å². The van der Waals surface area contributed by atoms with Crippen LogP contribution in [0.3, 0.4) is 0 Å². The van der Waals surface area contributed by atoms with Crippen LogP contribution >= 0.6 is 0 Å². The number of nitrogens with one attached hydrogen (secondary N) is 1. The van der Waals surface area contributed by atoms with Gasteiger partial charge in [0, 0.05) is 24.8 Å². The van der Waals surface area contributed by atoms with Gasteiger partial charge < -0.3 is 24.3 Å². The Kier molecular flexibility index (Phi) is 6.39. The van der Waals surface area contributed by atoms with E-state index in [0.29, 0.717) is 30.3 Å². The van der Waals surface area contributed by atoms with Crippen molar-refractivity contribution in [1.29, 1.82) is 0 Å². The van der Waals surface area contributed by atoms with Gasteiger partial charge in [-0.3, -0.25) is 4.79 Å². The van der Waals surface area contributed by atoms with E-state index in [1.807, 2.05) is 54.6 Å². The van der Waals surface area contributed by atoms with E-state index in [1.54, 1.807) is 21.3 Å². The lowest BCUT2D eigenvalue weighted by molar-refractivity contribution is -0.0349. The van der Waals surface area contributed by atoms with Gasteiger partial charge in [-0.05, 0) is 34.9 Å². The third-order valence-corrected chi connectivity index (χ3v) is 5.77. The van der Waals surface area contributed by atoms with Crippen LogP contribution in [0.1, 0.15) is 16.8 Å². The Hall–Kier alpha value is -3.09. The zero-order valence-electron chi connectivity index (χ0n) is 18.0. The molecule has 1 saturated heterocycles. The Morgan fingerprint density at radius 1 is 0.935 bits per heavy atom. The van der Waals surface area contributed by atoms with Crippen molar-refractivity contribution in [3.05, 3.63) is 60.2 Å². The van der Waals surface area contributed by atoms with Crippen molar-refractivity contribution in [2.24, 2.45) is 0 Å². The van der Waals surface area contributed by atoms with Gasteiger partial charge in [0.2, 0.25) is 0 Å². The lowest BCUT2D eigenvalue weighted by Gasteiger charge is -2.31. The van der Waals surface area contributed by atoms with E-state index in [4.69, 9.17) is 18.9 Å². The van der Waals surface area contributed by atoms with Crippen LogP contribution in [0.15, 0.2) is 54.6 Å². The van der Waals surface area contributed by atoms with Gasteiger partial charge in [0.1, 0.15) is 0 Å². The standard InChI is InChI=1S/C25H27NO5/c1-28-22-13-14-31-15-21(22)26-25(27)20-12-11-18(16-7-4-5-8-17(16)20)19-9-6-10-23(29-2)24(19)30-3/h4-12,21-22H,13-15H2,1-3H3,(H,26,27)/t21-,22-/m1/s1. The molecule has 1 heterocycles. The van der Waals surface area contributed by atoms with Crippen LogP contribution < -0.4 is 14.8 Å². The first kappa shape index (κ1) is 21.2. The summed E-state index contributed by atoms with van der Waals surface area (Å²) in [6.07, 6.45) is 0.709. The maximum Gasteiger partial charge on any atom is 0.252 e. The van der Waals surface area contributed by atoms with E-state index in [2.05, 4.69) is 5.32 Å². The summed E-state index contributed by atoms with van der Waals surface area (Å²) < 4.78 is 22.2. The molecule has 0 spiro atoms. The number of para-hydroxylation sites is 1. The second-order valence-corrected chi connectivity index (χ2v) is 7.47. The molecule has 0 aliphatic carbocycles. The van der Waals surface area contributed by atoms with Crippen molar-refractivity contribution < 1.29 is 23.7 Å². The topological polar surface area (TPSA) is 66.0 Å². The predicted octanol–water partition coefficient (Wildman–Crippen LogP) is 4.06. The van der Waals surface area contributed by atoms with Gasteiger partial charge in [-0.2, -0.15) is 0 Å². The molecule has 1 N–H and O–H groups in total. The number of fused-ring (bicyclic) bond motifs is 1. The maximum atomic E-state index is 13.2. The minimum atomic E-state index is -0.178. The number of ether oxygens (including phenoxy) is 4. The van der Waals surface area contributed by atoms with Crippen molar-refractivity contribution in [1.82, 2.24) is 5.32 Å². The molecule has 3 aromatic rings. The van der Waals surface area contributed by atoms with Crippen LogP contribution in [0.5, 0.6) is 11.5 Å². The summed E-state index contributed by atoms with van der Waals surface area (Å²) in [5.74, 6) is 1.18. The Morgan fingerprint density at radius 2 is 1.74 bits per heavy atom. The highest BCUT2D eigenvalue weighted by molar-refractivity contribution is 6.11. The summed E-state index contributed by atoms with van der Waals surface area (Å²) in [4.78, 5) is 13.2. The summed E-state index contributed by atoms with van der Waals surface area (Å²) in [5, 5.41) is 4.93. The number of rotatable bonds is 6. The number of hydrogen-bond acceptors (Lipinski definition) is 5. The monoisotopic (exact) mass is 421 g/mol. The quantitative estimate of drug-likeness (QED) is 0.650. The van der Waals surface area contributed by atoms with Crippen LogP contribution in [0.4, 0.5) is 0 Å². The molecule has 31 heavy (non-hydrogen) atoms. The summed E-state index contributed by atoms with van der Waals surface area (Å²) >= 11 is 0. The molecule has 6 heteroatoms. The van der Waals surface area contributed by atoms with Crippen molar-refractivity contribution in [2.45, 2.75) is 18.6 Å². The minimum Gasteiger partial charge on any atom is -0.493 e. The first-order valence-electron chi connectivity index (χ1n) is 10.3. The van der Waals surface area contributed by atoms with Crippen molar-refractivity contribution in [3.63, 3.8) is 0 Å². The Balaban J connectivity index is 1.75. The first-order chi connectivity index (χ1) is 15.2. The first-order valence-corrected chi connectivity index (χ1v) is 10.3. The molecule has 0 saturated carbocycles. The largest absolute Gasteiger partial charge is 0.493 e. The lowest BCUT2D eigenvalue weighted by atomic mass is 9.93.